The average molecular weight is 942 g/mol. The SMILES string of the molecule is CCc1cc(N2C(=S)N(c3cnc(C#N)c(C(F)(F)F)c3)C(=O)C2(C)C)ccc1OCCC1CCN(C(OC(=O)C(F)(F)F)C(=O)Nc2cc(C#N)cc(NC3CCC(=O)NC3=O)c2)CC1. The topological polar surface area (TPSA) is 210 Å². The number of hydrogen-bond donors (Lipinski definition) is 3. The van der Waals surface area contributed by atoms with Crippen LogP contribution in [0.15, 0.2) is 48.7 Å². The monoisotopic (exact) mass is 941 g/mol. The van der Waals surface area contributed by atoms with E-state index in [-0.39, 0.29) is 66.2 Å². The minimum absolute atomic E-state index is 0.0183. The van der Waals surface area contributed by atoms with Gasteiger partial charge in [-0.15, -0.1) is 0 Å². The summed E-state index contributed by atoms with van der Waals surface area (Å²) in [6.45, 7) is 5.32. The Morgan fingerprint density at radius 2 is 1.68 bits per heavy atom. The Hall–Kier alpha value is -6.85. The van der Waals surface area contributed by atoms with Gasteiger partial charge in [0.15, 0.2) is 10.8 Å². The third-order valence-electron chi connectivity index (χ3n) is 11.2. The van der Waals surface area contributed by atoms with Crippen LogP contribution in [-0.2, 0) is 41.3 Å². The van der Waals surface area contributed by atoms with Gasteiger partial charge in [0.05, 0.1) is 35.7 Å². The summed E-state index contributed by atoms with van der Waals surface area (Å²) in [5.41, 5.74) is -2.42. The lowest BCUT2D eigenvalue weighted by Gasteiger charge is -2.36. The molecule has 16 nitrogen and oxygen atoms in total. The quantitative estimate of drug-likeness (QED) is 0.0767. The number of nitrogens with zero attached hydrogens (tertiary/aromatic N) is 6. The normalized spacial score (nSPS) is 18.6. The fourth-order valence-corrected chi connectivity index (χ4v) is 8.34. The minimum atomic E-state index is -5.41. The van der Waals surface area contributed by atoms with E-state index >= 15 is 0 Å². The first-order valence-electron chi connectivity index (χ1n) is 20.5. The molecule has 2 aromatic carbocycles. The number of halogens is 6. The zero-order chi connectivity index (χ0) is 48.3. The highest BCUT2D eigenvalue weighted by Crippen LogP contribution is 2.40. The van der Waals surface area contributed by atoms with Crippen molar-refractivity contribution in [3.8, 4) is 17.9 Å². The number of aromatic nitrogens is 1. The number of rotatable bonds is 13. The van der Waals surface area contributed by atoms with E-state index in [0.29, 0.717) is 48.8 Å². The summed E-state index contributed by atoms with van der Waals surface area (Å²) in [5.74, 6) is -4.89. The molecule has 348 valence electrons. The van der Waals surface area contributed by atoms with Crippen LogP contribution in [0.2, 0.25) is 0 Å². The molecule has 6 rings (SSSR count). The van der Waals surface area contributed by atoms with Gasteiger partial charge in [0.25, 0.3) is 11.8 Å². The van der Waals surface area contributed by atoms with Crippen LogP contribution in [0.1, 0.15) is 75.3 Å². The van der Waals surface area contributed by atoms with Crippen LogP contribution in [0, 0.1) is 28.6 Å². The van der Waals surface area contributed by atoms with Crippen molar-refractivity contribution in [2.45, 2.75) is 89.5 Å². The number of esters is 1. The number of amides is 4. The molecule has 66 heavy (non-hydrogen) atoms. The Morgan fingerprint density at radius 1 is 0.985 bits per heavy atom. The van der Waals surface area contributed by atoms with Crippen LogP contribution < -0.4 is 30.5 Å². The Balaban J connectivity index is 1.09. The molecule has 1 aromatic heterocycles. The summed E-state index contributed by atoms with van der Waals surface area (Å²) < 4.78 is 92.4. The van der Waals surface area contributed by atoms with Crippen LogP contribution in [-0.4, -0.2) is 88.3 Å². The predicted molar refractivity (Wildman–Crippen MR) is 226 cm³/mol. The molecule has 0 aliphatic carbocycles. The van der Waals surface area contributed by atoms with Crippen molar-refractivity contribution in [3.05, 3.63) is 71.0 Å². The van der Waals surface area contributed by atoms with Gasteiger partial charge < -0.3 is 25.0 Å². The highest BCUT2D eigenvalue weighted by atomic mass is 32.1. The number of nitriles is 2. The largest absolute Gasteiger partial charge is 0.493 e. The maximum atomic E-state index is 13.8. The van der Waals surface area contributed by atoms with Crippen molar-refractivity contribution < 1.29 is 59.8 Å². The fraction of sp³-hybridized carbons (Fsp3) is 0.419. The van der Waals surface area contributed by atoms with Gasteiger partial charge in [0.1, 0.15) is 23.4 Å². The van der Waals surface area contributed by atoms with E-state index in [0.717, 1.165) is 11.1 Å². The molecule has 3 aliphatic heterocycles. The van der Waals surface area contributed by atoms with Crippen molar-refractivity contribution in [1.82, 2.24) is 15.2 Å². The number of pyridine rings is 1. The molecule has 3 saturated heterocycles. The zero-order valence-electron chi connectivity index (χ0n) is 35.4. The lowest BCUT2D eigenvalue weighted by molar-refractivity contribution is -0.213. The third kappa shape index (κ3) is 10.6. The number of benzene rings is 2. The van der Waals surface area contributed by atoms with E-state index in [9.17, 15) is 60.8 Å². The molecule has 3 N–H and O–H groups in total. The van der Waals surface area contributed by atoms with Gasteiger partial charge in [-0.3, -0.25) is 34.3 Å². The van der Waals surface area contributed by atoms with Gasteiger partial charge >= 0.3 is 18.3 Å². The summed E-state index contributed by atoms with van der Waals surface area (Å²) in [5, 5.41) is 26.2. The zero-order valence-corrected chi connectivity index (χ0v) is 36.2. The van der Waals surface area contributed by atoms with Crippen molar-refractivity contribution in [2.24, 2.45) is 5.92 Å². The Kier molecular flexibility index (Phi) is 14.2. The number of alkyl halides is 6. The number of aryl methyl sites for hydroxylation is 1. The van der Waals surface area contributed by atoms with E-state index in [1.54, 1.807) is 32.0 Å². The van der Waals surface area contributed by atoms with Crippen LogP contribution in [0.3, 0.4) is 0 Å². The molecule has 4 amide bonds. The number of carbonyl (C=O) groups is 5. The maximum absolute atomic E-state index is 13.8. The lowest BCUT2D eigenvalue weighted by atomic mass is 9.93. The average Bonchev–Trinajstić information content (AvgIpc) is 3.44. The predicted octanol–water partition coefficient (Wildman–Crippen LogP) is 6.09. The summed E-state index contributed by atoms with van der Waals surface area (Å²) >= 11 is 5.65. The minimum Gasteiger partial charge on any atom is -0.493 e. The van der Waals surface area contributed by atoms with Crippen LogP contribution in [0.25, 0.3) is 0 Å². The summed E-state index contributed by atoms with van der Waals surface area (Å²) in [6, 6.07) is 12.1. The molecular weight excluding hydrogens is 901 g/mol. The van der Waals surface area contributed by atoms with Gasteiger partial charge in [0, 0.05) is 36.6 Å². The number of nitrogens with one attached hydrogen (secondary N) is 3. The van der Waals surface area contributed by atoms with E-state index in [1.165, 1.54) is 34.1 Å². The molecule has 3 aromatic rings. The van der Waals surface area contributed by atoms with Gasteiger partial charge in [0.2, 0.25) is 18.0 Å². The first kappa shape index (κ1) is 48.6. The molecule has 2 unspecified atom stereocenters. The smallest absolute Gasteiger partial charge is 0.490 e. The Labute approximate surface area is 378 Å². The van der Waals surface area contributed by atoms with Crippen molar-refractivity contribution in [2.75, 3.05) is 40.1 Å². The van der Waals surface area contributed by atoms with E-state index in [2.05, 4.69) is 20.9 Å². The van der Waals surface area contributed by atoms with Gasteiger partial charge in [-0.2, -0.15) is 36.9 Å². The number of imide groups is 1. The molecule has 4 heterocycles. The molecule has 2 atom stereocenters. The lowest BCUT2D eigenvalue weighted by Crippen LogP contribution is -2.51. The Bertz CT molecular complexity index is 2530. The number of likely N-dealkylation sites (tertiary alicyclic amines) is 1. The van der Waals surface area contributed by atoms with Gasteiger partial charge in [-0.25, -0.2) is 9.78 Å². The second-order valence-corrected chi connectivity index (χ2v) is 16.4. The molecular formula is C43H41F6N9O7S. The molecule has 3 aliphatic rings. The summed E-state index contributed by atoms with van der Waals surface area (Å²) in [6.07, 6.45) is -9.43. The number of carbonyl (C=O) groups excluding carboxylic acids is 5. The second-order valence-electron chi connectivity index (χ2n) is 16.1. The number of thiocarbonyl (C=S) groups is 1. The van der Waals surface area contributed by atoms with Crippen molar-refractivity contribution in [1.29, 1.82) is 10.5 Å². The molecule has 0 saturated carbocycles. The number of piperidine rings is 2. The molecule has 3 fully saturated rings. The molecule has 0 spiro atoms. The van der Waals surface area contributed by atoms with Gasteiger partial charge in [-0.05, 0) is 112 Å². The molecule has 0 bridgehead atoms. The maximum Gasteiger partial charge on any atom is 0.490 e. The van der Waals surface area contributed by atoms with E-state index in [1.807, 2.05) is 13.0 Å². The number of hydrogen-bond acceptors (Lipinski definition) is 13. The van der Waals surface area contributed by atoms with Gasteiger partial charge in [-0.1, -0.05) is 6.92 Å². The highest BCUT2D eigenvalue weighted by molar-refractivity contribution is 7.81. The standard InChI is InChI=1S/C43H41F6N9O7S/c1-4-25-17-28(58-40(66)57(38(62)41(58,2)3)29-19-30(42(44,45)46)32(21-51)52-22-29)5-7-33(25)64-14-11-23-9-12-56(13-10-23)37(65-39(63)43(47,48)49)36(61)54-27-16-24(20-50)15-26(18-27)53-31-6-8-34(59)55-35(31)60/h5,7,15-19,22-23,31,37,53H,4,6,8-14H2,1-3H3,(H,54,61)(H,55,59,60). The fourth-order valence-electron chi connectivity index (χ4n) is 7.82. The van der Waals surface area contributed by atoms with Crippen molar-refractivity contribution >= 4 is 69.7 Å². The number of anilines is 4. The Morgan fingerprint density at radius 3 is 2.30 bits per heavy atom. The van der Waals surface area contributed by atoms with Crippen LogP contribution in [0.4, 0.5) is 49.1 Å². The summed E-state index contributed by atoms with van der Waals surface area (Å²) in [4.78, 5) is 70.5. The van der Waals surface area contributed by atoms with Crippen LogP contribution >= 0.6 is 12.2 Å². The molecule has 23 heteroatoms. The van der Waals surface area contributed by atoms with E-state index < -0.39 is 71.0 Å². The van der Waals surface area contributed by atoms with Crippen LogP contribution in [0.5, 0.6) is 5.75 Å². The first-order valence-corrected chi connectivity index (χ1v) is 20.9. The number of ether oxygens (including phenoxy) is 2. The summed E-state index contributed by atoms with van der Waals surface area (Å²) in [7, 11) is 0. The van der Waals surface area contributed by atoms with E-state index in [4.69, 9.17) is 21.7 Å². The first-order chi connectivity index (χ1) is 31.0. The molecule has 0 radical (unpaired) electrons. The third-order valence-corrected chi connectivity index (χ3v) is 11.6. The highest BCUT2D eigenvalue weighted by Gasteiger charge is 2.51. The second kappa shape index (κ2) is 19.3. The van der Waals surface area contributed by atoms with Crippen molar-refractivity contribution in [3.63, 3.8) is 0 Å².